The van der Waals surface area contributed by atoms with Crippen LogP contribution in [0.5, 0.6) is 0 Å². The van der Waals surface area contributed by atoms with Crippen LogP contribution in [0.2, 0.25) is 0 Å². The highest BCUT2D eigenvalue weighted by atomic mass is 16.5. The summed E-state index contributed by atoms with van der Waals surface area (Å²) in [6.45, 7) is 2.67. The smallest absolute Gasteiger partial charge is 0.134 e. The van der Waals surface area contributed by atoms with Gasteiger partial charge in [0.15, 0.2) is 0 Å². The summed E-state index contributed by atoms with van der Waals surface area (Å²) < 4.78 is 16.3. The van der Waals surface area contributed by atoms with Crippen molar-refractivity contribution in [3.05, 3.63) is 47.8 Å². The maximum absolute atomic E-state index is 5.64. The van der Waals surface area contributed by atoms with Crippen LogP contribution in [-0.2, 0) is 11.3 Å². The van der Waals surface area contributed by atoms with E-state index >= 15 is 0 Å². The van der Waals surface area contributed by atoms with Gasteiger partial charge in [-0.2, -0.15) is 0 Å². The van der Waals surface area contributed by atoms with Crippen molar-refractivity contribution in [3.63, 3.8) is 0 Å². The average molecular weight is 221 g/mol. The fourth-order valence-electron chi connectivity index (χ4n) is 1.47. The summed E-state index contributed by atoms with van der Waals surface area (Å²) in [6, 6.07) is 7.47. The van der Waals surface area contributed by atoms with Crippen molar-refractivity contribution >= 4 is 0 Å². The molecule has 2 N–H and O–H groups in total. The highest BCUT2D eigenvalue weighted by Crippen LogP contribution is 2.20. The van der Waals surface area contributed by atoms with Crippen LogP contribution >= 0.6 is 0 Å². The van der Waals surface area contributed by atoms with E-state index in [1.165, 1.54) is 0 Å². The van der Waals surface area contributed by atoms with Gasteiger partial charge >= 0.3 is 0 Å². The van der Waals surface area contributed by atoms with Gasteiger partial charge < -0.3 is 19.3 Å². The van der Waals surface area contributed by atoms with Gasteiger partial charge in [0.2, 0.25) is 0 Å². The van der Waals surface area contributed by atoms with Crippen molar-refractivity contribution in [1.82, 2.24) is 0 Å². The van der Waals surface area contributed by atoms with Crippen molar-refractivity contribution < 1.29 is 13.6 Å². The van der Waals surface area contributed by atoms with Crippen LogP contribution in [0, 0.1) is 6.92 Å². The Morgan fingerprint density at radius 2 is 2.25 bits per heavy atom. The Balaban J connectivity index is 1.96. The van der Waals surface area contributed by atoms with Crippen molar-refractivity contribution in [2.75, 3.05) is 6.54 Å². The largest absolute Gasteiger partial charge is 0.467 e. The molecule has 1 unspecified atom stereocenters. The van der Waals surface area contributed by atoms with Crippen molar-refractivity contribution in [2.45, 2.75) is 19.6 Å². The summed E-state index contributed by atoms with van der Waals surface area (Å²) in [5.41, 5.74) is 5.64. The van der Waals surface area contributed by atoms with Gasteiger partial charge in [-0.1, -0.05) is 0 Å². The van der Waals surface area contributed by atoms with E-state index in [1.807, 2.05) is 31.2 Å². The van der Waals surface area contributed by atoms with E-state index in [-0.39, 0.29) is 6.10 Å². The van der Waals surface area contributed by atoms with Crippen LogP contribution in [-0.4, -0.2) is 6.54 Å². The second-order valence-electron chi connectivity index (χ2n) is 3.56. The molecule has 0 aromatic carbocycles. The molecule has 0 spiro atoms. The molecule has 4 nitrogen and oxygen atoms in total. The molecule has 4 heteroatoms. The normalized spacial score (nSPS) is 12.9. The molecule has 0 amide bonds. The number of hydrogen-bond donors (Lipinski definition) is 1. The van der Waals surface area contributed by atoms with Crippen molar-refractivity contribution in [2.24, 2.45) is 5.73 Å². The Kier molecular flexibility index (Phi) is 3.44. The maximum Gasteiger partial charge on any atom is 0.134 e. The molecule has 16 heavy (non-hydrogen) atoms. The van der Waals surface area contributed by atoms with Crippen LogP contribution in [0.1, 0.15) is 23.4 Å². The van der Waals surface area contributed by atoms with Crippen LogP contribution in [0.3, 0.4) is 0 Å². The maximum atomic E-state index is 5.64. The molecule has 0 saturated carbocycles. The quantitative estimate of drug-likeness (QED) is 0.842. The predicted molar refractivity (Wildman–Crippen MR) is 58.7 cm³/mol. The molecule has 0 aliphatic carbocycles. The molecule has 1 atom stereocenters. The molecule has 2 rings (SSSR count). The zero-order valence-corrected chi connectivity index (χ0v) is 9.18. The lowest BCUT2D eigenvalue weighted by Gasteiger charge is -2.12. The van der Waals surface area contributed by atoms with E-state index in [0.717, 1.165) is 17.3 Å². The molecule has 86 valence electrons. The lowest BCUT2D eigenvalue weighted by Crippen LogP contribution is -2.15. The summed E-state index contributed by atoms with van der Waals surface area (Å²) in [6.07, 6.45) is 1.39. The number of furan rings is 2. The topological polar surface area (TPSA) is 61.5 Å². The summed E-state index contributed by atoms with van der Waals surface area (Å²) in [7, 11) is 0. The van der Waals surface area contributed by atoms with Gasteiger partial charge in [-0.25, -0.2) is 0 Å². The standard InChI is InChI=1S/C12H15NO3/c1-9-4-5-11(16-9)12(7-13)15-8-10-3-2-6-14-10/h2-6,12H,7-8,13H2,1H3. The van der Waals surface area contributed by atoms with E-state index in [0.29, 0.717) is 13.2 Å². The minimum absolute atomic E-state index is 0.223. The Hall–Kier alpha value is -1.52. The third-order valence-corrected chi connectivity index (χ3v) is 2.30. The molecule has 0 saturated heterocycles. The summed E-state index contributed by atoms with van der Waals surface area (Å²) >= 11 is 0. The van der Waals surface area contributed by atoms with Crippen molar-refractivity contribution in [1.29, 1.82) is 0 Å². The van der Waals surface area contributed by atoms with Crippen LogP contribution in [0.25, 0.3) is 0 Å². The highest BCUT2D eigenvalue weighted by Gasteiger charge is 2.14. The average Bonchev–Trinajstić information content (AvgIpc) is 2.91. The van der Waals surface area contributed by atoms with E-state index < -0.39 is 0 Å². The SMILES string of the molecule is Cc1ccc(C(CN)OCc2ccco2)o1. The third-order valence-electron chi connectivity index (χ3n) is 2.30. The Labute approximate surface area is 94.0 Å². The molecular formula is C12H15NO3. The third kappa shape index (κ3) is 2.53. The summed E-state index contributed by atoms with van der Waals surface area (Å²) in [5, 5.41) is 0. The molecular weight excluding hydrogens is 206 g/mol. The summed E-state index contributed by atoms with van der Waals surface area (Å²) in [5.74, 6) is 2.39. The molecule has 0 aliphatic heterocycles. The highest BCUT2D eigenvalue weighted by molar-refractivity contribution is 5.08. The van der Waals surface area contributed by atoms with Crippen LogP contribution < -0.4 is 5.73 Å². The first-order valence-electron chi connectivity index (χ1n) is 5.20. The molecule has 0 fully saturated rings. The minimum Gasteiger partial charge on any atom is -0.467 e. The lowest BCUT2D eigenvalue weighted by atomic mass is 10.3. The van der Waals surface area contributed by atoms with Gasteiger partial charge in [-0.15, -0.1) is 0 Å². The summed E-state index contributed by atoms with van der Waals surface area (Å²) in [4.78, 5) is 0. The van der Waals surface area contributed by atoms with E-state index in [1.54, 1.807) is 6.26 Å². The van der Waals surface area contributed by atoms with Gasteiger partial charge in [0.05, 0.1) is 6.26 Å². The number of rotatable bonds is 5. The molecule has 2 aromatic rings. The Morgan fingerprint density at radius 1 is 1.38 bits per heavy atom. The fourth-order valence-corrected chi connectivity index (χ4v) is 1.47. The van der Waals surface area contributed by atoms with Crippen LogP contribution in [0.15, 0.2) is 39.4 Å². The second-order valence-corrected chi connectivity index (χ2v) is 3.56. The first kappa shape index (κ1) is 11.0. The molecule has 0 radical (unpaired) electrons. The molecule has 0 bridgehead atoms. The lowest BCUT2D eigenvalue weighted by molar-refractivity contribution is 0.0219. The zero-order valence-electron chi connectivity index (χ0n) is 9.18. The van der Waals surface area contributed by atoms with E-state index in [4.69, 9.17) is 19.3 Å². The van der Waals surface area contributed by atoms with Gasteiger partial charge in [0, 0.05) is 6.54 Å². The number of hydrogen-bond acceptors (Lipinski definition) is 4. The fraction of sp³-hybridized carbons (Fsp3) is 0.333. The van der Waals surface area contributed by atoms with Gasteiger partial charge in [0.25, 0.3) is 0 Å². The zero-order chi connectivity index (χ0) is 11.4. The molecule has 2 heterocycles. The molecule has 2 aromatic heterocycles. The van der Waals surface area contributed by atoms with Crippen molar-refractivity contribution in [3.8, 4) is 0 Å². The number of aryl methyl sites for hydroxylation is 1. The first-order valence-corrected chi connectivity index (χ1v) is 5.20. The van der Waals surface area contributed by atoms with Gasteiger partial charge in [0.1, 0.15) is 30.0 Å². The predicted octanol–water partition coefficient (Wildman–Crippen LogP) is 2.40. The Morgan fingerprint density at radius 3 is 2.81 bits per heavy atom. The Bertz CT molecular complexity index is 419. The van der Waals surface area contributed by atoms with Crippen LogP contribution in [0.4, 0.5) is 0 Å². The minimum atomic E-state index is -0.223. The second kappa shape index (κ2) is 5.01. The number of ether oxygens (including phenoxy) is 1. The monoisotopic (exact) mass is 221 g/mol. The van der Waals surface area contributed by atoms with Gasteiger partial charge in [-0.05, 0) is 31.2 Å². The first-order chi connectivity index (χ1) is 7.79. The molecule has 0 aliphatic rings. The van der Waals surface area contributed by atoms with Gasteiger partial charge in [-0.3, -0.25) is 0 Å². The van der Waals surface area contributed by atoms with E-state index in [2.05, 4.69) is 0 Å². The number of nitrogens with two attached hydrogens (primary N) is 1. The van der Waals surface area contributed by atoms with E-state index in [9.17, 15) is 0 Å².